The molecule has 39 heavy (non-hydrogen) atoms. The van der Waals surface area contributed by atoms with E-state index in [0.717, 1.165) is 5.56 Å². The fourth-order valence-electron chi connectivity index (χ4n) is 3.62. The minimum absolute atomic E-state index is 0.165. The third-order valence-electron chi connectivity index (χ3n) is 5.49. The van der Waals surface area contributed by atoms with Gasteiger partial charge < -0.3 is 14.8 Å². The van der Waals surface area contributed by atoms with E-state index in [9.17, 15) is 9.59 Å². The van der Waals surface area contributed by atoms with Gasteiger partial charge >= 0.3 is 0 Å². The van der Waals surface area contributed by atoms with Crippen LogP contribution in [-0.2, 0) is 11.4 Å². The van der Waals surface area contributed by atoms with Crippen LogP contribution < -0.4 is 20.2 Å². The minimum Gasteiger partial charge on any atom is -0.490 e. The zero-order chi connectivity index (χ0) is 28.4. The highest BCUT2D eigenvalue weighted by Gasteiger charge is 2.22. The number of carbonyl (C=O) groups excluding carboxylic acids is 2. The van der Waals surface area contributed by atoms with E-state index in [0.29, 0.717) is 50.2 Å². The van der Waals surface area contributed by atoms with Crippen LogP contribution in [-0.4, -0.2) is 30.7 Å². The summed E-state index contributed by atoms with van der Waals surface area (Å²) in [5, 5.41) is 8.04. The number of nitrogens with zero attached hydrogens (tertiary/aromatic N) is 1. The Hall–Kier alpha value is -3.07. The Kier molecular flexibility index (Phi) is 11.7. The summed E-state index contributed by atoms with van der Waals surface area (Å²) in [7, 11) is 0. The number of amides is 2. The van der Waals surface area contributed by atoms with Crippen LogP contribution in [0.15, 0.2) is 70.2 Å². The van der Waals surface area contributed by atoms with Crippen molar-refractivity contribution in [3.05, 3.63) is 91.9 Å². The lowest BCUT2D eigenvalue weighted by molar-refractivity contribution is -0.123. The zero-order valence-electron chi connectivity index (χ0n) is 21.8. The monoisotopic (exact) mass is 633 g/mol. The van der Waals surface area contributed by atoms with Gasteiger partial charge in [0.1, 0.15) is 12.6 Å². The molecule has 10 heteroatoms. The van der Waals surface area contributed by atoms with E-state index < -0.39 is 11.9 Å². The number of rotatable bonds is 12. The number of carbonyl (C=O) groups is 2. The van der Waals surface area contributed by atoms with Gasteiger partial charge in [-0.25, -0.2) is 5.43 Å². The van der Waals surface area contributed by atoms with Crippen molar-refractivity contribution < 1.29 is 19.1 Å². The Morgan fingerprint density at radius 2 is 1.77 bits per heavy atom. The Morgan fingerprint density at radius 1 is 1.05 bits per heavy atom. The van der Waals surface area contributed by atoms with E-state index in [4.69, 9.17) is 32.7 Å². The van der Waals surface area contributed by atoms with Crippen molar-refractivity contribution in [2.24, 2.45) is 11.0 Å². The van der Waals surface area contributed by atoms with Crippen LogP contribution in [0.4, 0.5) is 0 Å². The molecule has 3 aromatic rings. The molecule has 0 aliphatic rings. The van der Waals surface area contributed by atoms with E-state index in [-0.39, 0.29) is 18.4 Å². The number of halogens is 3. The van der Waals surface area contributed by atoms with Gasteiger partial charge in [0.25, 0.3) is 11.8 Å². The van der Waals surface area contributed by atoms with Crippen molar-refractivity contribution in [1.82, 2.24) is 10.7 Å². The number of benzene rings is 3. The van der Waals surface area contributed by atoms with Gasteiger partial charge in [-0.3, -0.25) is 9.59 Å². The maximum Gasteiger partial charge on any atom is 0.262 e. The minimum atomic E-state index is -0.767. The Balaban J connectivity index is 1.70. The Morgan fingerprint density at radius 3 is 2.44 bits per heavy atom. The molecule has 2 amide bonds. The molecule has 0 radical (unpaired) electrons. The highest BCUT2D eigenvalue weighted by atomic mass is 79.9. The van der Waals surface area contributed by atoms with Crippen molar-refractivity contribution in [1.29, 1.82) is 0 Å². The van der Waals surface area contributed by atoms with E-state index in [1.165, 1.54) is 6.21 Å². The Labute approximate surface area is 247 Å². The molecule has 7 nitrogen and oxygen atoms in total. The topological polar surface area (TPSA) is 89.0 Å². The van der Waals surface area contributed by atoms with Gasteiger partial charge in [-0.2, -0.15) is 5.10 Å². The number of hydrogen-bond donors (Lipinski definition) is 2. The molecule has 0 bridgehead atoms. The molecule has 0 aromatic heterocycles. The first-order valence-corrected chi connectivity index (χ1v) is 13.9. The molecule has 206 valence electrons. The summed E-state index contributed by atoms with van der Waals surface area (Å²) in [4.78, 5) is 25.6. The predicted octanol–water partition coefficient (Wildman–Crippen LogP) is 7.03. The van der Waals surface area contributed by atoms with E-state index >= 15 is 0 Å². The van der Waals surface area contributed by atoms with Gasteiger partial charge in [-0.05, 0) is 83.2 Å². The summed E-state index contributed by atoms with van der Waals surface area (Å²) < 4.78 is 12.5. The van der Waals surface area contributed by atoms with Gasteiger partial charge in [0, 0.05) is 21.2 Å². The standard InChI is InChI=1S/C29H30BrCl2N3O4/c1-4-38-26-15-19(14-23(30)27(26)39-17-21-7-5-6-8-24(21)32)16-33-35-29(37)25(13-18(2)3)34-28(36)20-9-11-22(31)12-10-20/h5-12,14-16,18,25H,4,13,17H2,1-3H3,(H,34,36)(H,35,37)/b33-16+. The van der Waals surface area contributed by atoms with Gasteiger partial charge in [-0.15, -0.1) is 0 Å². The number of ether oxygens (including phenoxy) is 2. The molecule has 1 unspecified atom stereocenters. The predicted molar refractivity (Wildman–Crippen MR) is 159 cm³/mol. The molecule has 0 aliphatic heterocycles. The maximum atomic E-state index is 12.9. The molecule has 0 spiro atoms. The van der Waals surface area contributed by atoms with Gasteiger partial charge in [0.05, 0.1) is 17.3 Å². The summed E-state index contributed by atoms with van der Waals surface area (Å²) in [5.74, 6) is 0.415. The molecular formula is C29H30BrCl2N3O4. The van der Waals surface area contributed by atoms with E-state index in [1.807, 2.05) is 39.0 Å². The zero-order valence-corrected chi connectivity index (χ0v) is 24.9. The van der Waals surface area contributed by atoms with Crippen molar-refractivity contribution in [2.75, 3.05) is 6.61 Å². The third-order valence-corrected chi connectivity index (χ3v) is 6.69. The quantitative estimate of drug-likeness (QED) is 0.165. The number of nitrogens with one attached hydrogen (secondary N) is 2. The van der Waals surface area contributed by atoms with Crippen molar-refractivity contribution in [2.45, 2.75) is 39.8 Å². The second kappa shape index (κ2) is 14.9. The lowest BCUT2D eigenvalue weighted by Crippen LogP contribution is -2.46. The lowest BCUT2D eigenvalue weighted by Gasteiger charge is -2.19. The van der Waals surface area contributed by atoms with Gasteiger partial charge in [0.2, 0.25) is 0 Å². The molecule has 3 rings (SSSR count). The average molecular weight is 635 g/mol. The molecule has 0 saturated heterocycles. The largest absolute Gasteiger partial charge is 0.490 e. The van der Waals surface area contributed by atoms with Crippen molar-refractivity contribution in [3.8, 4) is 11.5 Å². The first kappa shape index (κ1) is 30.5. The summed E-state index contributed by atoms with van der Waals surface area (Å²) in [6, 6.07) is 16.7. The van der Waals surface area contributed by atoms with Crippen LogP contribution in [0.5, 0.6) is 11.5 Å². The number of hydrogen-bond acceptors (Lipinski definition) is 5. The van der Waals surface area contributed by atoms with Crippen LogP contribution in [0.3, 0.4) is 0 Å². The van der Waals surface area contributed by atoms with Crippen LogP contribution in [0.1, 0.15) is 48.7 Å². The van der Waals surface area contributed by atoms with Crippen LogP contribution in [0, 0.1) is 5.92 Å². The summed E-state index contributed by atoms with van der Waals surface area (Å²) in [6.07, 6.45) is 1.94. The van der Waals surface area contributed by atoms with Gasteiger partial charge in [0.15, 0.2) is 11.5 Å². The van der Waals surface area contributed by atoms with Crippen molar-refractivity contribution in [3.63, 3.8) is 0 Å². The summed E-state index contributed by atoms with van der Waals surface area (Å²) >= 11 is 15.7. The molecular weight excluding hydrogens is 605 g/mol. The highest BCUT2D eigenvalue weighted by molar-refractivity contribution is 9.10. The van der Waals surface area contributed by atoms with Gasteiger partial charge in [-0.1, -0.05) is 55.2 Å². The smallest absolute Gasteiger partial charge is 0.262 e. The SMILES string of the molecule is CCOc1cc(/C=N/NC(=O)C(CC(C)C)NC(=O)c2ccc(Cl)cc2)cc(Br)c1OCc1ccccc1Cl. The second-order valence-corrected chi connectivity index (χ2v) is 10.7. The average Bonchev–Trinajstić information content (AvgIpc) is 2.89. The molecule has 0 aliphatic carbocycles. The van der Waals surface area contributed by atoms with E-state index in [1.54, 1.807) is 42.5 Å². The molecule has 3 aromatic carbocycles. The van der Waals surface area contributed by atoms with Crippen LogP contribution in [0.2, 0.25) is 10.0 Å². The lowest BCUT2D eigenvalue weighted by atomic mass is 10.0. The normalized spacial score (nSPS) is 11.9. The molecule has 0 fully saturated rings. The first-order chi connectivity index (χ1) is 18.7. The maximum absolute atomic E-state index is 12.9. The van der Waals surface area contributed by atoms with E-state index in [2.05, 4.69) is 31.8 Å². The van der Waals surface area contributed by atoms with Crippen molar-refractivity contribution >= 4 is 57.2 Å². The third kappa shape index (κ3) is 9.27. The molecule has 0 heterocycles. The summed E-state index contributed by atoms with van der Waals surface area (Å²) in [5.41, 5.74) is 4.46. The van der Waals surface area contributed by atoms with Crippen LogP contribution in [0.25, 0.3) is 0 Å². The molecule has 1 atom stereocenters. The second-order valence-electron chi connectivity index (χ2n) is 9.04. The summed E-state index contributed by atoms with van der Waals surface area (Å²) in [6.45, 7) is 6.51. The number of hydrazone groups is 1. The highest BCUT2D eigenvalue weighted by Crippen LogP contribution is 2.37. The first-order valence-electron chi connectivity index (χ1n) is 12.4. The molecule has 0 saturated carbocycles. The fraction of sp³-hybridized carbons (Fsp3) is 0.276. The van der Waals surface area contributed by atoms with Crippen LogP contribution >= 0.6 is 39.1 Å². The fourth-order valence-corrected chi connectivity index (χ4v) is 4.52. The Bertz CT molecular complexity index is 1320. The molecule has 2 N–H and O–H groups in total.